The monoisotopic (exact) mass is 360 g/mol. The standard InChI is InChI=1S/C17H22Cl2O4/c1-12(2)5-4-8-22-16(20)6-3-7-17(21)23-15-10-13(18)9-14(19)11-15/h9-12H,3-8H2,1-2H3. The highest BCUT2D eigenvalue weighted by Gasteiger charge is 2.09. The van der Waals surface area contributed by atoms with E-state index in [-0.39, 0.29) is 18.8 Å². The molecule has 0 saturated carbocycles. The smallest absolute Gasteiger partial charge is 0.311 e. The summed E-state index contributed by atoms with van der Waals surface area (Å²) in [6.07, 6.45) is 2.61. The summed E-state index contributed by atoms with van der Waals surface area (Å²) in [4.78, 5) is 23.2. The predicted molar refractivity (Wildman–Crippen MR) is 91.0 cm³/mol. The molecule has 128 valence electrons. The molecule has 1 aromatic carbocycles. The van der Waals surface area contributed by atoms with E-state index in [1.165, 1.54) is 12.1 Å². The number of rotatable bonds is 9. The highest BCUT2D eigenvalue weighted by atomic mass is 35.5. The van der Waals surface area contributed by atoms with Gasteiger partial charge < -0.3 is 9.47 Å². The minimum Gasteiger partial charge on any atom is -0.466 e. The number of halogens is 2. The van der Waals surface area contributed by atoms with Crippen molar-refractivity contribution in [3.63, 3.8) is 0 Å². The SMILES string of the molecule is CC(C)CCCOC(=O)CCCC(=O)Oc1cc(Cl)cc(Cl)c1. The number of carbonyl (C=O) groups is 2. The van der Waals surface area contributed by atoms with Gasteiger partial charge in [-0.3, -0.25) is 9.59 Å². The van der Waals surface area contributed by atoms with Crippen molar-refractivity contribution in [2.45, 2.75) is 46.0 Å². The predicted octanol–water partition coefficient (Wildman–Crippen LogP) is 5.05. The van der Waals surface area contributed by atoms with Crippen molar-refractivity contribution in [1.29, 1.82) is 0 Å². The van der Waals surface area contributed by atoms with Crippen LogP contribution in [0.1, 0.15) is 46.0 Å². The van der Waals surface area contributed by atoms with E-state index in [0.29, 0.717) is 34.7 Å². The van der Waals surface area contributed by atoms with Gasteiger partial charge in [0.1, 0.15) is 5.75 Å². The second-order valence-electron chi connectivity index (χ2n) is 5.69. The molecule has 0 unspecified atom stereocenters. The van der Waals surface area contributed by atoms with E-state index >= 15 is 0 Å². The summed E-state index contributed by atoms with van der Waals surface area (Å²) in [6.45, 7) is 4.68. The number of benzene rings is 1. The van der Waals surface area contributed by atoms with Crippen LogP contribution in [-0.4, -0.2) is 18.5 Å². The average Bonchev–Trinajstić information content (AvgIpc) is 2.42. The Kier molecular flexibility index (Phi) is 9.03. The van der Waals surface area contributed by atoms with E-state index in [4.69, 9.17) is 32.7 Å². The summed E-state index contributed by atoms with van der Waals surface area (Å²) in [5, 5.41) is 0.788. The molecule has 0 atom stereocenters. The van der Waals surface area contributed by atoms with Crippen LogP contribution in [0, 0.1) is 5.92 Å². The quantitative estimate of drug-likeness (QED) is 0.351. The molecule has 0 aliphatic rings. The lowest BCUT2D eigenvalue weighted by atomic mass is 10.1. The Balaban J connectivity index is 2.19. The Bertz CT molecular complexity index is 509. The van der Waals surface area contributed by atoms with Crippen LogP contribution < -0.4 is 4.74 Å². The fourth-order valence-electron chi connectivity index (χ4n) is 1.90. The van der Waals surface area contributed by atoms with Crippen LogP contribution in [0.15, 0.2) is 18.2 Å². The molecule has 0 aliphatic heterocycles. The lowest BCUT2D eigenvalue weighted by Crippen LogP contribution is -2.10. The molecule has 0 spiro atoms. The van der Waals surface area contributed by atoms with Gasteiger partial charge in [-0.2, -0.15) is 0 Å². The zero-order valence-corrected chi connectivity index (χ0v) is 15.0. The van der Waals surface area contributed by atoms with Gasteiger partial charge in [0.15, 0.2) is 0 Å². The van der Waals surface area contributed by atoms with E-state index in [1.807, 2.05) is 0 Å². The molecule has 23 heavy (non-hydrogen) atoms. The topological polar surface area (TPSA) is 52.6 Å². The molecule has 0 amide bonds. The zero-order chi connectivity index (χ0) is 17.2. The van der Waals surface area contributed by atoms with Crippen molar-refractivity contribution in [3.8, 4) is 5.75 Å². The van der Waals surface area contributed by atoms with E-state index in [2.05, 4.69) is 13.8 Å². The number of hydrogen-bond donors (Lipinski definition) is 0. The largest absolute Gasteiger partial charge is 0.466 e. The molecular formula is C17H22Cl2O4. The molecule has 0 radical (unpaired) electrons. The maximum absolute atomic E-state index is 11.7. The third-order valence-corrected chi connectivity index (χ3v) is 3.45. The lowest BCUT2D eigenvalue weighted by molar-refractivity contribution is -0.144. The Morgan fingerprint density at radius 1 is 1.00 bits per heavy atom. The fourth-order valence-corrected chi connectivity index (χ4v) is 2.40. The van der Waals surface area contributed by atoms with Crippen LogP contribution >= 0.6 is 23.2 Å². The molecule has 0 heterocycles. The van der Waals surface area contributed by atoms with Crippen LogP contribution in [0.25, 0.3) is 0 Å². The summed E-state index contributed by atoms with van der Waals surface area (Å²) in [6, 6.07) is 4.57. The third-order valence-electron chi connectivity index (χ3n) is 3.02. The minimum absolute atomic E-state index is 0.130. The highest BCUT2D eigenvalue weighted by Crippen LogP contribution is 2.24. The molecular weight excluding hydrogens is 339 g/mol. The number of esters is 2. The van der Waals surface area contributed by atoms with Crippen LogP contribution in [0.2, 0.25) is 10.0 Å². The normalized spacial score (nSPS) is 10.7. The highest BCUT2D eigenvalue weighted by molar-refractivity contribution is 6.34. The Morgan fingerprint density at radius 3 is 2.22 bits per heavy atom. The first-order valence-corrected chi connectivity index (χ1v) is 8.45. The first-order valence-electron chi connectivity index (χ1n) is 7.69. The van der Waals surface area contributed by atoms with Crippen molar-refractivity contribution in [3.05, 3.63) is 28.2 Å². The first-order chi connectivity index (χ1) is 10.9. The van der Waals surface area contributed by atoms with Gasteiger partial charge in [-0.1, -0.05) is 37.0 Å². The lowest BCUT2D eigenvalue weighted by Gasteiger charge is -2.07. The van der Waals surface area contributed by atoms with Crippen molar-refractivity contribution < 1.29 is 19.1 Å². The van der Waals surface area contributed by atoms with E-state index in [9.17, 15) is 9.59 Å². The van der Waals surface area contributed by atoms with Gasteiger partial charge in [-0.15, -0.1) is 0 Å². The van der Waals surface area contributed by atoms with Gasteiger partial charge in [0.05, 0.1) is 6.61 Å². The summed E-state index contributed by atoms with van der Waals surface area (Å²) < 4.78 is 10.2. The second-order valence-corrected chi connectivity index (χ2v) is 6.56. The first kappa shape index (κ1) is 19.8. The molecule has 0 bridgehead atoms. The summed E-state index contributed by atoms with van der Waals surface area (Å²) in [5.74, 6) is 0.176. The number of carbonyl (C=O) groups excluding carboxylic acids is 2. The number of hydrogen-bond acceptors (Lipinski definition) is 4. The molecule has 0 fully saturated rings. The molecule has 0 N–H and O–H groups in total. The van der Waals surface area contributed by atoms with Crippen LogP contribution in [0.5, 0.6) is 5.75 Å². The third kappa shape index (κ3) is 9.47. The zero-order valence-electron chi connectivity index (χ0n) is 13.4. The van der Waals surface area contributed by atoms with Gasteiger partial charge in [0, 0.05) is 22.9 Å². The van der Waals surface area contributed by atoms with Crippen molar-refractivity contribution in [2.24, 2.45) is 5.92 Å². The fraction of sp³-hybridized carbons (Fsp3) is 0.529. The summed E-state index contributed by atoms with van der Waals surface area (Å²) in [7, 11) is 0. The van der Waals surface area contributed by atoms with Gasteiger partial charge in [-0.05, 0) is 43.4 Å². The minimum atomic E-state index is -0.434. The maximum atomic E-state index is 11.7. The molecule has 4 nitrogen and oxygen atoms in total. The van der Waals surface area contributed by atoms with Gasteiger partial charge in [-0.25, -0.2) is 0 Å². The van der Waals surface area contributed by atoms with Gasteiger partial charge in [0.25, 0.3) is 0 Å². The Labute approximate surface area is 147 Å². The molecule has 1 aromatic rings. The average molecular weight is 361 g/mol. The summed E-state index contributed by atoms with van der Waals surface area (Å²) in [5.41, 5.74) is 0. The summed E-state index contributed by atoms with van der Waals surface area (Å²) >= 11 is 11.6. The molecule has 6 heteroatoms. The molecule has 0 aromatic heterocycles. The van der Waals surface area contributed by atoms with Crippen LogP contribution in [0.4, 0.5) is 0 Å². The van der Waals surface area contributed by atoms with Crippen molar-refractivity contribution >= 4 is 35.1 Å². The molecule has 1 rings (SSSR count). The Hall–Kier alpha value is -1.26. The second kappa shape index (κ2) is 10.5. The van der Waals surface area contributed by atoms with Crippen molar-refractivity contribution in [1.82, 2.24) is 0 Å². The van der Waals surface area contributed by atoms with Gasteiger partial charge in [0.2, 0.25) is 0 Å². The molecule has 0 aliphatic carbocycles. The van der Waals surface area contributed by atoms with Crippen molar-refractivity contribution in [2.75, 3.05) is 6.61 Å². The van der Waals surface area contributed by atoms with Crippen LogP contribution in [0.3, 0.4) is 0 Å². The van der Waals surface area contributed by atoms with Gasteiger partial charge >= 0.3 is 11.9 Å². The van der Waals surface area contributed by atoms with Crippen LogP contribution in [-0.2, 0) is 14.3 Å². The molecule has 0 saturated heterocycles. The van der Waals surface area contributed by atoms with E-state index in [0.717, 1.165) is 12.8 Å². The Morgan fingerprint density at radius 2 is 1.61 bits per heavy atom. The maximum Gasteiger partial charge on any atom is 0.311 e. The van der Waals surface area contributed by atoms with E-state index in [1.54, 1.807) is 6.07 Å². The van der Waals surface area contributed by atoms with E-state index < -0.39 is 5.97 Å². The number of ether oxygens (including phenoxy) is 2.